The first-order valence-electron chi connectivity index (χ1n) is 6.37. The summed E-state index contributed by atoms with van der Waals surface area (Å²) in [5, 5.41) is 1.53. The molecule has 0 aliphatic heterocycles. The molecule has 0 fully saturated rings. The van der Waals surface area contributed by atoms with Crippen molar-refractivity contribution in [3.8, 4) is 5.75 Å². The molecule has 0 saturated carbocycles. The summed E-state index contributed by atoms with van der Waals surface area (Å²) >= 11 is 6.93. The van der Waals surface area contributed by atoms with E-state index in [0.717, 1.165) is 21.8 Å². The first kappa shape index (κ1) is 16.2. The predicted molar refractivity (Wildman–Crippen MR) is 88.7 cm³/mol. The SMILES string of the molecule is CC(=O)Oc1c(C)cc2ccc(=O)oc2c1CC(Br)CBr. The molecule has 0 N–H and O–H groups in total. The minimum Gasteiger partial charge on any atom is -0.426 e. The molecule has 21 heavy (non-hydrogen) atoms. The lowest BCUT2D eigenvalue weighted by Gasteiger charge is -2.15. The Morgan fingerprint density at radius 2 is 2.14 bits per heavy atom. The van der Waals surface area contributed by atoms with E-state index in [9.17, 15) is 9.59 Å². The van der Waals surface area contributed by atoms with Gasteiger partial charge in [-0.15, -0.1) is 0 Å². The maximum absolute atomic E-state index is 11.5. The number of hydrogen-bond acceptors (Lipinski definition) is 4. The molecule has 4 nitrogen and oxygen atoms in total. The Bertz CT molecular complexity index is 736. The van der Waals surface area contributed by atoms with Gasteiger partial charge in [0.1, 0.15) is 11.3 Å². The molecule has 6 heteroatoms. The summed E-state index contributed by atoms with van der Waals surface area (Å²) in [5.74, 6) is 0.0664. The van der Waals surface area contributed by atoms with Crippen LogP contribution in [0.2, 0.25) is 0 Å². The van der Waals surface area contributed by atoms with E-state index < -0.39 is 11.6 Å². The Balaban J connectivity index is 2.73. The minimum absolute atomic E-state index is 0.127. The lowest BCUT2D eigenvalue weighted by molar-refractivity contribution is -0.131. The predicted octanol–water partition coefficient (Wildman–Crippen LogP) is 3.73. The van der Waals surface area contributed by atoms with Gasteiger partial charge in [0.05, 0.1) is 0 Å². The van der Waals surface area contributed by atoms with E-state index in [4.69, 9.17) is 9.15 Å². The molecule has 112 valence electrons. The van der Waals surface area contributed by atoms with Crippen molar-refractivity contribution in [3.05, 3.63) is 39.7 Å². The van der Waals surface area contributed by atoms with Crippen molar-refractivity contribution in [1.29, 1.82) is 0 Å². The number of ether oxygens (including phenoxy) is 1. The molecule has 1 atom stereocenters. The van der Waals surface area contributed by atoms with Crippen LogP contribution >= 0.6 is 31.9 Å². The number of halogens is 2. The molecular formula is C15H14Br2O4. The lowest BCUT2D eigenvalue weighted by Crippen LogP contribution is -2.11. The zero-order chi connectivity index (χ0) is 15.6. The van der Waals surface area contributed by atoms with E-state index in [-0.39, 0.29) is 4.83 Å². The van der Waals surface area contributed by atoms with Gasteiger partial charge in [-0.05, 0) is 31.0 Å². The number of aryl methyl sites for hydroxylation is 1. The maximum Gasteiger partial charge on any atom is 0.336 e. The van der Waals surface area contributed by atoms with Crippen molar-refractivity contribution >= 4 is 48.8 Å². The summed E-state index contributed by atoms with van der Waals surface area (Å²) in [4.78, 5) is 23.0. The lowest BCUT2D eigenvalue weighted by atomic mass is 10.0. The van der Waals surface area contributed by atoms with Gasteiger partial charge < -0.3 is 9.15 Å². The molecule has 2 aromatic rings. The van der Waals surface area contributed by atoms with E-state index >= 15 is 0 Å². The number of carbonyl (C=O) groups is 1. The van der Waals surface area contributed by atoms with Crippen molar-refractivity contribution in [2.75, 3.05) is 5.33 Å². The number of fused-ring (bicyclic) bond motifs is 1. The van der Waals surface area contributed by atoms with Crippen LogP contribution in [-0.2, 0) is 11.2 Å². The second kappa shape index (κ2) is 6.75. The smallest absolute Gasteiger partial charge is 0.336 e. The topological polar surface area (TPSA) is 56.5 Å². The third kappa shape index (κ3) is 3.74. The van der Waals surface area contributed by atoms with Crippen LogP contribution in [0, 0.1) is 6.92 Å². The standard InChI is InChI=1S/C15H14Br2O4/c1-8-5-10-3-4-13(19)21-15(10)12(6-11(17)7-16)14(8)20-9(2)18/h3-5,11H,6-7H2,1-2H3. The molecule has 0 saturated heterocycles. The van der Waals surface area contributed by atoms with E-state index in [1.54, 1.807) is 6.07 Å². The molecule has 0 spiro atoms. The van der Waals surface area contributed by atoms with Crippen LogP contribution in [0.15, 0.2) is 27.4 Å². The fourth-order valence-corrected chi connectivity index (χ4v) is 2.72. The van der Waals surface area contributed by atoms with E-state index in [2.05, 4.69) is 31.9 Å². The summed E-state index contributed by atoms with van der Waals surface area (Å²) in [5.41, 5.74) is 1.59. The zero-order valence-corrected chi connectivity index (χ0v) is 14.8. The number of esters is 1. The molecule has 1 aromatic carbocycles. The fourth-order valence-electron chi connectivity index (χ4n) is 2.16. The quantitative estimate of drug-likeness (QED) is 0.329. The number of benzene rings is 1. The van der Waals surface area contributed by atoms with Gasteiger partial charge in [-0.25, -0.2) is 4.79 Å². The van der Waals surface area contributed by atoms with Crippen molar-refractivity contribution in [2.24, 2.45) is 0 Å². The largest absolute Gasteiger partial charge is 0.426 e. The van der Waals surface area contributed by atoms with Crippen LogP contribution in [0.1, 0.15) is 18.1 Å². The van der Waals surface area contributed by atoms with Crippen molar-refractivity contribution in [1.82, 2.24) is 0 Å². The van der Waals surface area contributed by atoms with E-state index in [0.29, 0.717) is 17.8 Å². The maximum atomic E-state index is 11.5. The van der Waals surface area contributed by atoms with Gasteiger partial charge in [-0.1, -0.05) is 31.9 Å². The molecule has 0 aliphatic carbocycles. The van der Waals surface area contributed by atoms with Crippen LogP contribution in [0.3, 0.4) is 0 Å². The van der Waals surface area contributed by atoms with Gasteiger partial charge in [0.15, 0.2) is 0 Å². The van der Waals surface area contributed by atoms with Crippen molar-refractivity contribution in [2.45, 2.75) is 25.1 Å². The minimum atomic E-state index is -0.425. The Morgan fingerprint density at radius 3 is 2.76 bits per heavy atom. The molecule has 2 rings (SSSR count). The summed E-state index contributed by atoms with van der Waals surface area (Å²) in [7, 11) is 0. The number of hydrogen-bond donors (Lipinski definition) is 0. The third-order valence-corrected chi connectivity index (χ3v) is 5.28. The Kier molecular flexibility index (Phi) is 5.22. The van der Waals surface area contributed by atoms with Gasteiger partial charge in [0.2, 0.25) is 0 Å². The van der Waals surface area contributed by atoms with Crippen LogP contribution in [0.4, 0.5) is 0 Å². The molecular weight excluding hydrogens is 404 g/mol. The van der Waals surface area contributed by atoms with Gasteiger partial charge in [-0.2, -0.15) is 0 Å². The Labute approximate surface area is 138 Å². The van der Waals surface area contributed by atoms with Gasteiger partial charge >= 0.3 is 11.6 Å². The first-order valence-corrected chi connectivity index (χ1v) is 8.41. The third-order valence-electron chi connectivity index (χ3n) is 2.98. The van der Waals surface area contributed by atoms with Gasteiger partial charge in [0, 0.05) is 34.1 Å². The average molecular weight is 418 g/mol. The summed E-state index contributed by atoms with van der Waals surface area (Å²) in [6.45, 7) is 3.22. The molecule has 1 aromatic heterocycles. The molecule has 0 aliphatic rings. The molecule has 1 unspecified atom stereocenters. The normalized spacial score (nSPS) is 12.4. The molecule has 1 heterocycles. The molecule has 0 radical (unpaired) electrons. The van der Waals surface area contributed by atoms with Gasteiger partial charge in [0.25, 0.3) is 0 Å². The number of rotatable bonds is 4. The second-order valence-electron chi connectivity index (χ2n) is 4.72. The summed E-state index contributed by atoms with van der Waals surface area (Å²) < 4.78 is 10.7. The Morgan fingerprint density at radius 1 is 1.43 bits per heavy atom. The first-order chi connectivity index (χ1) is 9.92. The molecule has 0 amide bonds. The highest BCUT2D eigenvalue weighted by atomic mass is 79.9. The highest BCUT2D eigenvalue weighted by Crippen LogP contribution is 2.33. The van der Waals surface area contributed by atoms with Crippen LogP contribution in [0.5, 0.6) is 5.75 Å². The summed E-state index contributed by atoms with van der Waals surface area (Å²) in [6.07, 6.45) is 0.568. The second-order valence-corrected chi connectivity index (χ2v) is 6.67. The average Bonchev–Trinajstić information content (AvgIpc) is 2.42. The van der Waals surface area contributed by atoms with E-state index in [1.165, 1.54) is 13.0 Å². The summed E-state index contributed by atoms with van der Waals surface area (Å²) in [6, 6.07) is 4.94. The number of alkyl halides is 2. The van der Waals surface area contributed by atoms with E-state index in [1.807, 2.05) is 13.0 Å². The van der Waals surface area contributed by atoms with Crippen LogP contribution in [-0.4, -0.2) is 16.1 Å². The fraction of sp³-hybridized carbons (Fsp3) is 0.333. The highest BCUT2D eigenvalue weighted by Gasteiger charge is 2.19. The number of carbonyl (C=O) groups excluding carboxylic acids is 1. The molecule has 0 bridgehead atoms. The van der Waals surface area contributed by atoms with Gasteiger partial charge in [-0.3, -0.25) is 4.79 Å². The van der Waals surface area contributed by atoms with Crippen molar-refractivity contribution < 1.29 is 13.9 Å². The monoisotopic (exact) mass is 416 g/mol. The Hall–Kier alpha value is -1.14. The van der Waals surface area contributed by atoms with Crippen LogP contribution in [0.25, 0.3) is 11.0 Å². The van der Waals surface area contributed by atoms with Crippen LogP contribution < -0.4 is 10.4 Å². The highest BCUT2D eigenvalue weighted by molar-refractivity contribution is 9.12. The van der Waals surface area contributed by atoms with Crippen molar-refractivity contribution in [3.63, 3.8) is 0 Å². The zero-order valence-electron chi connectivity index (χ0n) is 11.6.